The SMILES string of the molecule is CCCNc1ncc(Br)c(NC(CC)CC2CC2)n1. The van der Waals surface area contributed by atoms with Gasteiger partial charge in [0.15, 0.2) is 0 Å². The molecule has 1 aromatic rings. The molecule has 1 fully saturated rings. The molecule has 0 aromatic carbocycles. The molecule has 5 heteroatoms. The van der Waals surface area contributed by atoms with Crippen LogP contribution in [0.1, 0.15) is 46.0 Å². The molecule has 2 rings (SSSR count). The highest BCUT2D eigenvalue weighted by atomic mass is 79.9. The van der Waals surface area contributed by atoms with Crippen LogP contribution in [0.15, 0.2) is 10.7 Å². The predicted molar refractivity (Wildman–Crippen MR) is 83.6 cm³/mol. The first-order valence-electron chi connectivity index (χ1n) is 7.25. The summed E-state index contributed by atoms with van der Waals surface area (Å²) in [4.78, 5) is 8.82. The molecule has 1 heterocycles. The zero-order chi connectivity index (χ0) is 13.7. The van der Waals surface area contributed by atoms with Gasteiger partial charge in [0.25, 0.3) is 0 Å². The third-order valence-electron chi connectivity index (χ3n) is 3.43. The number of nitrogens with one attached hydrogen (secondary N) is 2. The maximum atomic E-state index is 4.55. The fraction of sp³-hybridized carbons (Fsp3) is 0.714. The Morgan fingerprint density at radius 1 is 1.42 bits per heavy atom. The zero-order valence-electron chi connectivity index (χ0n) is 11.7. The van der Waals surface area contributed by atoms with Gasteiger partial charge < -0.3 is 10.6 Å². The minimum absolute atomic E-state index is 0.512. The van der Waals surface area contributed by atoms with Crippen LogP contribution in [0.2, 0.25) is 0 Å². The van der Waals surface area contributed by atoms with E-state index >= 15 is 0 Å². The van der Waals surface area contributed by atoms with Crippen molar-refractivity contribution in [3.8, 4) is 0 Å². The summed E-state index contributed by atoms with van der Waals surface area (Å²) in [7, 11) is 0. The first-order chi connectivity index (χ1) is 9.22. The van der Waals surface area contributed by atoms with E-state index in [1.54, 1.807) is 0 Å². The van der Waals surface area contributed by atoms with E-state index < -0.39 is 0 Å². The summed E-state index contributed by atoms with van der Waals surface area (Å²) in [6.45, 7) is 5.26. The van der Waals surface area contributed by atoms with Gasteiger partial charge in [0, 0.05) is 18.8 Å². The molecule has 0 saturated heterocycles. The van der Waals surface area contributed by atoms with E-state index in [2.05, 4.69) is 50.4 Å². The van der Waals surface area contributed by atoms with Crippen molar-refractivity contribution in [1.82, 2.24) is 9.97 Å². The number of aromatic nitrogens is 2. The Kier molecular flexibility index (Phi) is 5.43. The quantitative estimate of drug-likeness (QED) is 0.756. The molecule has 0 spiro atoms. The third kappa shape index (κ3) is 4.64. The van der Waals surface area contributed by atoms with Gasteiger partial charge in [-0.2, -0.15) is 4.98 Å². The van der Waals surface area contributed by atoms with Gasteiger partial charge in [-0.05, 0) is 41.1 Å². The van der Waals surface area contributed by atoms with Crippen molar-refractivity contribution in [3.63, 3.8) is 0 Å². The maximum Gasteiger partial charge on any atom is 0.224 e. The van der Waals surface area contributed by atoms with E-state index in [4.69, 9.17) is 0 Å². The second-order valence-corrected chi connectivity index (χ2v) is 6.10. The molecule has 0 bridgehead atoms. The maximum absolute atomic E-state index is 4.55. The third-order valence-corrected chi connectivity index (χ3v) is 4.01. The fourth-order valence-corrected chi connectivity index (χ4v) is 2.37. The minimum atomic E-state index is 0.512. The molecule has 1 unspecified atom stereocenters. The number of nitrogens with zero attached hydrogens (tertiary/aromatic N) is 2. The Labute approximate surface area is 123 Å². The highest BCUT2D eigenvalue weighted by molar-refractivity contribution is 9.10. The van der Waals surface area contributed by atoms with Crippen molar-refractivity contribution in [2.75, 3.05) is 17.2 Å². The zero-order valence-corrected chi connectivity index (χ0v) is 13.3. The summed E-state index contributed by atoms with van der Waals surface area (Å²) < 4.78 is 0.934. The summed E-state index contributed by atoms with van der Waals surface area (Å²) in [6, 6.07) is 0.512. The van der Waals surface area contributed by atoms with E-state index in [0.29, 0.717) is 12.0 Å². The lowest BCUT2D eigenvalue weighted by Gasteiger charge is -2.18. The summed E-state index contributed by atoms with van der Waals surface area (Å²) in [5.74, 6) is 2.53. The van der Waals surface area contributed by atoms with Gasteiger partial charge in [-0.1, -0.05) is 26.7 Å². The molecule has 1 aromatic heterocycles. The van der Waals surface area contributed by atoms with Crippen LogP contribution in [0.5, 0.6) is 0 Å². The lowest BCUT2D eigenvalue weighted by molar-refractivity contribution is 0.584. The summed E-state index contributed by atoms with van der Waals surface area (Å²) >= 11 is 3.52. The normalized spacial score (nSPS) is 16.2. The molecule has 1 saturated carbocycles. The van der Waals surface area contributed by atoms with Crippen LogP contribution in [0.3, 0.4) is 0 Å². The van der Waals surface area contributed by atoms with Crippen LogP contribution in [-0.4, -0.2) is 22.6 Å². The average molecular weight is 327 g/mol. The number of rotatable bonds is 8. The second-order valence-electron chi connectivity index (χ2n) is 5.25. The molecule has 0 radical (unpaired) electrons. The van der Waals surface area contributed by atoms with Crippen molar-refractivity contribution in [2.45, 2.75) is 52.0 Å². The predicted octanol–water partition coefficient (Wildman–Crippen LogP) is 4.05. The van der Waals surface area contributed by atoms with E-state index in [1.165, 1.54) is 19.3 Å². The van der Waals surface area contributed by atoms with E-state index in [-0.39, 0.29) is 0 Å². The molecule has 1 atom stereocenters. The molecule has 0 aliphatic heterocycles. The number of anilines is 2. The van der Waals surface area contributed by atoms with Crippen molar-refractivity contribution in [3.05, 3.63) is 10.7 Å². The van der Waals surface area contributed by atoms with Gasteiger partial charge in [-0.25, -0.2) is 4.98 Å². The molecular weight excluding hydrogens is 304 g/mol. The summed E-state index contributed by atoms with van der Waals surface area (Å²) in [6.07, 6.45) is 8.06. The van der Waals surface area contributed by atoms with Gasteiger partial charge in [0.2, 0.25) is 5.95 Å². The van der Waals surface area contributed by atoms with Gasteiger partial charge >= 0.3 is 0 Å². The van der Waals surface area contributed by atoms with Gasteiger partial charge in [0.1, 0.15) is 5.82 Å². The van der Waals surface area contributed by atoms with Crippen LogP contribution >= 0.6 is 15.9 Å². The molecule has 1 aliphatic carbocycles. The summed E-state index contributed by atoms with van der Waals surface area (Å²) in [5.41, 5.74) is 0. The van der Waals surface area contributed by atoms with Crippen LogP contribution in [0.25, 0.3) is 0 Å². The number of hydrogen-bond donors (Lipinski definition) is 2. The van der Waals surface area contributed by atoms with Crippen molar-refractivity contribution >= 4 is 27.7 Å². The fourth-order valence-electron chi connectivity index (χ4n) is 2.07. The Bertz CT molecular complexity index is 406. The standard InChI is InChI=1S/C14H23BrN4/c1-3-7-16-14-17-9-12(15)13(19-14)18-11(4-2)8-10-5-6-10/h9-11H,3-8H2,1-2H3,(H2,16,17,18,19). The number of halogens is 1. The largest absolute Gasteiger partial charge is 0.366 e. The Hall–Kier alpha value is -0.840. The smallest absolute Gasteiger partial charge is 0.224 e. The van der Waals surface area contributed by atoms with Crippen molar-refractivity contribution in [2.24, 2.45) is 5.92 Å². The molecule has 1 aliphatic rings. The first-order valence-corrected chi connectivity index (χ1v) is 8.05. The summed E-state index contributed by atoms with van der Waals surface area (Å²) in [5, 5.41) is 6.77. The molecular formula is C14H23BrN4. The van der Waals surface area contributed by atoms with Gasteiger partial charge in [-0.3, -0.25) is 0 Å². The number of hydrogen-bond acceptors (Lipinski definition) is 4. The van der Waals surface area contributed by atoms with Crippen LogP contribution in [0, 0.1) is 5.92 Å². The molecule has 2 N–H and O–H groups in total. The van der Waals surface area contributed by atoms with Crippen molar-refractivity contribution in [1.29, 1.82) is 0 Å². The average Bonchev–Trinajstić information content (AvgIpc) is 3.22. The Morgan fingerprint density at radius 3 is 2.84 bits per heavy atom. The topological polar surface area (TPSA) is 49.8 Å². The van der Waals surface area contributed by atoms with E-state index in [0.717, 1.165) is 35.6 Å². The van der Waals surface area contributed by atoms with Crippen LogP contribution < -0.4 is 10.6 Å². The lowest BCUT2D eigenvalue weighted by Crippen LogP contribution is -2.20. The highest BCUT2D eigenvalue weighted by Gasteiger charge is 2.25. The highest BCUT2D eigenvalue weighted by Crippen LogP contribution is 2.35. The second kappa shape index (κ2) is 7.08. The first kappa shape index (κ1) is 14.6. The Balaban J connectivity index is 1.99. The molecule has 0 amide bonds. The monoisotopic (exact) mass is 326 g/mol. The van der Waals surface area contributed by atoms with Crippen LogP contribution in [-0.2, 0) is 0 Å². The molecule has 4 nitrogen and oxygen atoms in total. The lowest BCUT2D eigenvalue weighted by atomic mass is 10.1. The minimum Gasteiger partial charge on any atom is -0.366 e. The Morgan fingerprint density at radius 2 is 2.21 bits per heavy atom. The molecule has 106 valence electrons. The van der Waals surface area contributed by atoms with E-state index in [1.807, 2.05) is 6.20 Å². The van der Waals surface area contributed by atoms with Crippen LogP contribution in [0.4, 0.5) is 11.8 Å². The van der Waals surface area contributed by atoms with Crippen molar-refractivity contribution < 1.29 is 0 Å². The molecule has 19 heavy (non-hydrogen) atoms. The van der Waals surface area contributed by atoms with Gasteiger partial charge in [0.05, 0.1) is 4.47 Å². The van der Waals surface area contributed by atoms with Gasteiger partial charge in [-0.15, -0.1) is 0 Å². The van der Waals surface area contributed by atoms with E-state index in [9.17, 15) is 0 Å².